The fraction of sp³-hybridized carbons (Fsp3) is 0.364. The molecule has 15 heavy (non-hydrogen) atoms. The Labute approximate surface area is 96.9 Å². The fourth-order valence-electron chi connectivity index (χ4n) is 1.55. The summed E-state index contributed by atoms with van der Waals surface area (Å²) in [7, 11) is 0. The van der Waals surface area contributed by atoms with Crippen molar-refractivity contribution in [2.24, 2.45) is 5.92 Å². The lowest BCUT2D eigenvalue weighted by atomic mass is 10.2. The van der Waals surface area contributed by atoms with Crippen LogP contribution in [0.5, 0.6) is 5.75 Å². The second-order valence-electron chi connectivity index (χ2n) is 3.80. The zero-order valence-electron chi connectivity index (χ0n) is 8.63. The highest BCUT2D eigenvalue weighted by Gasteiger charge is 2.22. The molecule has 1 atom stereocenters. The van der Waals surface area contributed by atoms with Crippen LogP contribution in [0.1, 0.15) is 12.5 Å². The molecule has 1 aliphatic rings. The van der Waals surface area contributed by atoms with Gasteiger partial charge in [0.1, 0.15) is 5.75 Å². The Kier molecular flexibility index (Phi) is 2.69. The number of halogens is 1. The minimum atomic E-state index is -0.115. The zero-order chi connectivity index (χ0) is 11.0. The molecule has 0 spiro atoms. The third kappa shape index (κ3) is 2.00. The van der Waals surface area contributed by atoms with Gasteiger partial charge in [-0.1, -0.05) is 22.9 Å². The Morgan fingerprint density at radius 2 is 2.27 bits per heavy atom. The SMILES string of the molecule is Cc1cc(Br)cc2c1OCC(C)C(=O)N2. The number of aryl methyl sites for hydroxylation is 1. The number of hydrogen-bond donors (Lipinski definition) is 1. The summed E-state index contributed by atoms with van der Waals surface area (Å²) in [5.74, 6) is 0.665. The largest absolute Gasteiger partial charge is 0.490 e. The van der Waals surface area contributed by atoms with Gasteiger partial charge in [0, 0.05) is 4.47 Å². The molecule has 0 radical (unpaired) electrons. The first-order valence-corrected chi connectivity index (χ1v) is 5.61. The molecule has 1 aromatic carbocycles. The van der Waals surface area contributed by atoms with Gasteiger partial charge in [-0.15, -0.1) is 0 Å². The number of nitrogens with one attached hydrogen (secondary N) is 1. The second-order valence-corrected chi connectivity index (χ2v) is 4.72. The van der Waals surface area contributed by atoms with E-state index in [4.69, 9.17) is 4.74 Å². The first kappa shape index (κ1) is 10.5. The Balaban J connectivity index is 2.47. The molecule has 0 fully saturated rings. The van der Waals surface area contributed by atoms with E-state index in [1.807, 2.05) is 26.0 Å². The summed E-state index contributed by atoms with van der Waals surface area (Å²) in [5.41, 5.74) is 1.77. The number of anilines is 1. The maximum Gasteiger partial charge on any atom is 0.230 e. The van der Waals surface area contributed by atoms with Crippen LogP contribution < -0.4 is 10.1 Å². The average molecular weight is 270 g/mol. The Morgan fingerprint density at radius 1 is 1.53 bits per heavy atom. The summed E-state index contributed by atoms with van der Waals surface area (Å²) in [5, 5.41) is 2.86. The van der Waals surface area contributed by atoms with Crippen LogP contribution in [0.2, 0.25) is 0 Å². The number of hydrogen-bond acceptors (Lipinski definition) is 2. The number of rotatable bonds is 0. The maximum atomic E-state index is 11.6. The Bertz CT molecular complexity index is 417. The lowest BCUT2D eigenvalue weighted by molar-refractivity contribution is -0.119. The molecule has 1 amide bonds. The molecule has 0 saturated heterocycles. The van der Waals surface area contributed by atoms with Gasteiger partial charge < -0.3 is 10.1 Å². The van der Waals surface area contributed by atoms with Crippen molar-refractivity contribution < 1.29 is 9.53 Å². The maximum absolute atomic E-state index is 11.6. The molecule has 1 unspecified atom stereocenters. The van der Waals surface area contributed by atoms with E-state index in [0.29, 0.717) is 6.61 Å². The molecule has 1 aromatic rings. The minimum absolute atomic E-state index is 0.00579. The Morgan fingerprint density at radius 3 is 3.00 bits per heavy atom. The standard InChI is InChI=1S/C11H12BrNO2/c1-6-3-8(12)4-9-10(6)15-5-7(2)11(14)13-9/h3-4,7H,5H2,1-2H3,(H,13,14). The van der Waals surface area contributed by atoms with Gasteiger partial charge in [-0.05, 0) is 24.6 Å². The van der Waals surface area contributed by atoms with Crippen LogP contribution in [-0.4, -0.2) is 12.5 Å². The minimum Gasteiger partial charge on any atom is -0.490 e. The molecule has 2 rings (SSSR count). The molecule has 80 valence electrons. The number of carbonyl (C=O) groups excluding carboxylic acids is 1. The third-order valence-corrected chi connectivity index (χ3v) is 2.88. The van der Waals surface area contributed by atoms with E-state index < -0.39 is 0 Å². The highest BCUT2D eigenvalue weighted by molar-refractivity contribution is 9.10. The quantitative estimate of drug-likeness (QED) is 0.787. The lowest BCUT2D eigenvalue weighted by Crippen LogP contribution is -2.21. The predicted octanol–water partition coefficient (Wildman–Crippen LogP) is 2.72. The van der Waals surface area contributed by atoms with E-state index in [1.54, 1.807) is 0 Å². The molecule has 0 bridgehead atoms. The van der Waals surface area contributed by atoms with Crippen molar-refractivity contribution in [2.45, 2.75) is 13.8 Å². The zero-order valence-corrected chi connectivity index (χ0v) is 10.2. The number of amides is 1. The van der Waals surface area contributed by atoms with E-state index in [-0.39, 0.29) is 11.8 Å². The molecule has 4 heteroatoms. The van der Waals surface area contributed by atoms with E-state index in [9.17, 15) is 4.79 Å². The lowest BCUT2D eigenvalue weighted by Gasteiger charge is -2.10. The number of benzene rings is 1. The van der Waals surface area contributed by atoms with Crippen LogP contribution in [0.4, 0.5) is 5.69 Å². The van der Waals surface area contributed by atoms with Crippen molar-refractivity contribution in [2.75, 3.05) is 11.9 Å². The van der Waals surface area contributed by atoms with Crippen molar-refractivity contribution in [3.05, 3.63) is 22.2 Å². The summed E-state index contributed by atoms with van der Waals surface area (Å²) >= 11 is 3.39. The van der Waals surface area contributed by atoms with Crippen molar-refractivity contribution in [3.63, 3.8) is 0 Å². The van der Waals surface area contributed by atoms with E-state index >= 15 is 0 Å². The highest BCUT2D eigenvalue weighted by Crippen LogP contribution is 2.34. The molecule has 0 saturated carbocycles. The normalized spacial score (nSPS) is 19.9. The smallest absolute Gasteiger partial charge is 0.230 e. The van der Waals surface area contributed by atoms with E-state index in [1.165, 1.54) is 0 Å². The van der Waals surface area contributed by atoms with Crippen LogP contribution in [0, 0.1) is 12.8 Å². The molecule has 3 nitrogen and oxygen atoms in total. The first-order chi connectivity index (χ1) is 7.08. The summed E-state index contributed by atoms with van der Waals surface area (Å²) < 4.78 is 6.55. The van der Waals surface area contributed by atoms with Gasteiger partial charge in [-0.2, -0.15) is 0 Å². The first-order valence-electron chi connectivity index (χ1n) is 4.81. The average Bonchev–Trinajstić information content (AvgIpc) is 2.27. The highest BCUT2D eigenvalue weighted by atomic mass is 79.9. The Hall–Kier alpha value is -1.03. The van der Waals surface area contributed by atoms with Crippen molar-refractivity contribution in [1.29, 1.82) is 0 Å². The predicted molar refractivity (Wildman–Crippen MR) is 62.2 cm³/mol. The molecular formula is C11H12BrNO2. The van der Waals surface area contributed by atoms with Crippen LogP contribution in [0.15, 0.2) is 16.6 Å². The third-order valence-electron chi connectivity index (χ3n) is 2.42. The summed E-state index contributed by atoms with van der Waals surface area (Å²) in [6, 6.07) is 3.83. The van der Waals surface area contributed by atoms with Crippen molar-refractivity contribution >= 4 is 27.5 Å². The summed E-state index contributed by atoms with van der Waals surface area (Å²) in [4.78, 5) is 11.6. The van der Waals surface area contributed by atoms with Crippen LogP contribution in [-0.2, 0) is 4.79 Å². The van der Waals surface area contributed by atoms with Gasteiger partial charge in [-0.25, -0.2) is 0 Å². The molecule has 1 aliphatic heterocycles. The molecule has 0 aromatic heterocycles. The molecule has 1 N–H and O–H groups in total. The van der Waals surface area contributed by atoms with Gasteiger partial charge in [0.25, 0.3) is 0 Å². The topological polar surface area (TPSA) is 38.3 Å². The van der Waals surface area contributed by atoms with E-state index in [0.717, 1.165) is 21.5 Å². The van der Waals surface area contributed by atoms with Gasteiger partial charge in [-0.3, -0.25) is 4.79 Å². The monoisotopic (exact) mass is 269 g/mol. The number of fused-ring (bicyclic) bond motifs is 1. The fourth-order valence-corrected chi connectivity index (χ4v) is 2.13. The van der Waals surface area contributed by atoms with Crippen molar-refractivity contribution in [3.8, 4) is 5.75 Å². The molecule has 0 aliphatic carbocycles. The van der Waals surface area contributed by atoms with Crippen molar-refractivity contribution in [1.82, 2.24) is 0 Å². The van der Waals surface area contributed by atoms with Gasteiger partial charge in [0.05, 0.1) is 18.2 Å². The van der Waals surface area contributed by atoms with Crippen LogP contribution in [0.25, 0.3) is 0 Å². The number of carbonyl (C=O) groups is 1. The molecular weight excluding hydrogens is 258 g/mol. The summed E-state index contributed by atoms with van der Waals surface area (Å²) in [6.45, 7) is 4.25. The van der Waals surface area contributed by atoms with Crippen LogP contribution in [0.3, 0.4) is 0 Å². The molecule has 1 heterocycles. The number of ether oxygens (including phenoxy) is 1. The summed E-state index contributed by atoms with van der Waals surface area (Å²) in [6.07, 6.45) is 0. The van der Waals surface area contributed by atoms with Crippen LogP contribution >= 0.6 is 15.9 Å². The van der Waals surface area contributed by atoms with Gasteiger partial charge in [0.2, 0.25) is 5.91 Å². The van der Waals surface area contributed by atoms with Gasteiger partial charge in [0.15, 0.2) is 0 Å². The van der Waals surface area contributed by atoms with Gasteiger partial charge >= 0.3 is 0 Å². The van der Waals surface area contributed by atoms with E-state index in [2.05, 4.69) is 21.2 Å². The second kappa shape index (κ2) is 3.85.